The van der Waals surface area contributed by atoms with Gasteiger partial charge in [0.15, 0.2) is 0 Å². The van der Waals surface area contributed by atoms with Crippen LogP contribution in [-0.4, -0.2) is 36.5 Å². The Morgan fingerprint density at radius 3 is 2.66 bits per heavy atom. The van der Waals surface area contributed by atoms with Crippen LogP contribution in [0.25, 0.3) is 0 Å². The van der Waals surface area contributed by atoms with Gasteiger partial charge in [0, 0.05) is 18.8 Å². The summed E-state index contributed by atoms with van der Waals surface area (Å²) in [5.74, 6) is 0.363. The summed E-state index contributed by atoms with van der Waals surface area (Å²) in [5, 5.41) is 3.28. The summed E-state index contributed by atoms with van der Waals surface area (Å²) in [6, 6.07) is 12.7. The molecule has 2 aromatic rings. The van der Waals surface area contributed by atoms with Crippen LogP contribution >= 0.6 is 11.6 Å². The molecule has 0 aromatic heterocycles. The zero-order valence-electron chi connectivity index (χ0n) is 16.0. The fraction of sp³-hybridized carbons (Fsp3) is 0.273. The highest BCUT2D eigenvalue weighted by Crippen LogP contribution is 2.26. The van der Waals surface area contributed by atoms with E-state index in [9.17, 15) is 9.59 Å². The molecule has 150 valence electrons. The van der Waals surface area contributed by atoms with E-state index in [0.29, 0.717) is 48.3 Å². The number of ether oxygens (including phenoxy) is 2. The van der Waals surface area contributed by atoms with Crippen LogP contribution in [0, 0.1) is 0 Å². The summed E-state index contributed by atoms with van der Waals surface area (Å²) in [4.78, 5) is 27.1. The van der Waals surface area contributed by atoms with Crippen molar-refractivity contribution in [3.63, 3.8) is 0 Å². The monoisotopic (exact) mass is 412 g/mol. The number of carbonyl (C=O) groups is 2. The van der Waals surface area contributed by atoms with E-state index < -0.39 is 0 Å². The maximum Gasteiger partial charge on any atom is 0.292 e. The average molecular weight is 413 g/mol. The van der Waals surface area contributed by atoms with E-state index in [1.54, 1.807) is 36.1 Å². The van der Waals surface area contributed by atoms with E-state index in [-0.39, 0.29) is 17.6 Å². The smallest absolute Gasteiger partial charge is 0.292 e. The Bertz CT molecular complexity index is 1000. The van der Waals surface area contributed by atoms with E-state index in [1.807, 2.05) is 18.2 Å². The van der Waals surface area contributed by atoms with Crippen molar-refractivity contribution in [3.8, 4) is 0 Å². The quantitative estimate of drug-likeness (QED) is 0.833. The molecule has 7 heteroatoms. The van der Waals surface area contributed by atoms with E-state index in [4.69, 9.17) is 21.1 Å². The zero-order chi connectivity index (χ0) is 20.4. The average Bonchev–Trinajstić information content (AvgIpc) is 2.73. The van der Waals surface area contributed by atoms with Crippen molar-refractivity contribution in [1.82, 2.24) is 4.90 Å². The third kappa shape index (κ3) is 4.07. The lowest BCUT2D eigenvalue weighted by Crippen LogP contribution is -2.38. The minimum Gasteiger partial charge on any atom is -0.491 e. The second kappa shape index (κ2) is 8.17. The number of anilines is 1. The van der Waals surface area contributed by atoms with Gasteiger partial charge in [0.2, 0.25) is 5.76 Å². The fourth-order valence-corrected chi connectivity index (χ4v) is 3.74. The van der Waals surface area contributed by atoms with Crippen molar-refractivity contribution >= 4 is 29.1 Å². The van der Waals surface area contributed by atoms with Crippen LogP contribution in [0.2, 0.25) is 5.02 Å². The molecule has 1 N–H and O–H groups in total. The van der Waals surface area contributed by atoms with E-state index >= 15 is 0 Å². The number of nitrogens with one attached hydrogen (secondary N) is 1. The Balaban J connectivity index is 1.51. The number of nitrogens with zero attached hydrogens (tertiary/aromatic N) is 1. The number of halogens is 1. The van der Waals surface area contributed by atoms with Gasteiger partial charge in [-0.05, 0) is 48.7 Å². The molecule has 0 fully saturated rings. The third-order valence-corrected chi connectivity index (χ3v) is 5.37. The highest BCUT2D eigenvalue weighted by Gasteiger charge is 2.28. The second-order valence-corrected chi connectivity index (χ2v) is 7.38. The molecule has 0 spiro atoms. The first kappa shape index (κ1) is 19.3. The molecule has 2 amide bonds. The summed E-state index contributed by atoms with van der Waals surface area (Å²) >= 11 is 6.11. The van der Waals surface area contributed by atoms with Gasteiger partial charge < -0.3 is 19.7 Å². The summed E-state index contributed by atoms with van der Waals surface area (Å²) < 4.78 is 11.0. The molecule has 0 saturated heterocycles. The summed E-state index contributed by atoms with van der Waals surface area (Å²) in [5.41, 5.74) is 3.24. The summed E-state index contributed by atoms with van der Waals surface area (Å²) in [7, 11) is 0. The lowest BCUT2D eigenvalue weighted by Gasteiger charge is -2.31. The second-order valence-electron chi connectivity index (χ2n) is 6.98. The maximum absolute atomic E-state index is 12.8. The lowest BCUT2D eigenvalue weighted by molar-refractivity contribution is -0.133. The standard InChI is InChI=1S/C22H21ClN2O4/c1-14-20(29-11-10-28-14)22(27)25-9-8-15-6-7-17(12-16(15)13-25)24-21(26)18-4-2-3-5-19(18)23/h2-7,12H,8-11,13H2,1H3,(H,24,26). The predicted molar refractivity (Wildman–Crippen MR) is 110 cm³/mol. The van der Waals surface area contributed by atoms with Crippen LogP contribution in [0.5, 0.6) is 0 Å². The van der Waals surface area contributed by atoms with Crippen molar-refractivity contribution in [2.75, 3.05) is 25.1 Å². The van der Waals surface area contributed by atoms with E-state index in [1.165, 1.54) is 0 Å². The molecule has 6 nitrogen and oxygen atoms in total. The molecule has 0 saturated carbocycles. The van der Waals surface area contributed by atoms with Gasteiger partial charge >= 0.3 is 0 Å². The Kier molecular flexibility index (Phi) is 5.45. The van der Waals surface area contributed by atoms with Gasteiger partial charge in [-0.25, -0.2) is 0 Å². The number of fused-ring (bicyclic) bond motifs is 1. The maximum atomic E-state index is 12.8. The number of carbonyl (C=O) groups excluding carboxylic acids is 2. The molecule has 0 atom stereocenters. The highest BCUT2D eigenvalue weighted by molar-refractivity contribution is 6.34. The number of hydrogen-bond donors (Lipinski definition) is 1. The SMILES string of the molecule is CC1=C(C(=O)N2CCc3ccc(NC(=O)c4ccccc4Cl)cc3C2)OCCO1. The highest BCUT2D eigenvalue weighted by atomic mass is 35.5. The lowest BCUT2D eigenvalue weighted by atomic mass is 9.98. The van der Waals surface area contributed by atoms with Crippen LogP contribution in [0.15, 0.2) is 54.0 Å². The van der Waals surface area contributed by atoms with Gasteiger partial charge in [0.25, 0.3) is 11.8 Å². The van der Waals surface area contributed by atoms with Gasteiger partial charge in [0.1, 0.15) is 19.0 Å². The number of rotatable bonds is 3. The third-order valence-electron chi connectivity index (χ3n) is 5.04. The van der Waals surface area contributed by atoms with Gasteiger partial charge in [-0.15, -0.1) is 0 Å². The van der Waals surface area contributed by atoms with Gasteiger partial charge in [-0.1, -0.05) is 29.8 Å². The molecule has 4 rings (SSSR count). The zero-order valence-corrected chi connectivity index (χ0v) is 16.8. The van der Waals surface area contributed by atoms with Crippen molar-refractivity contribution in [1.29, 1.82) is 0 Å². The van der Waals surface area contributed by atoms with Crippen molar-refractivity contribution in [2.45, 2.75) is 19.9 Å². The number of allylic oxidation sites excluding steroid dienone is 1. The van der Waals surface area contributed by atoms with Crippen LogP contribution in [0.1, 0.15) is 28.4 Å². The molecule has 2 aliphatic heterocycles. The Labute approximate surface area is 174 Å². The molecular weight excluding hydrogens is 392 g/mol. The first-order chi connectivity index (χ1) is 14.0. The van der Waals surface area contributed by atoms with E-state index in [2.05, 4.69) is 5.32 Å². The minimum absolute atomic E-state index is 0.168. The van der Waals surface area contributed by atoms with Gasteiger partial charge in [0.05, 0.1) is 10.6 Å². The normalized spacial score (nSPS) is 15.9. The Morgan fingerprint density at radius 1 is 1.07 bits per heavy atom. The molecule has 0 unspecified atom stereocenters. The molecule has 2 heterocycles. The number of amides is 2. The first-order valence-corrected chi connectivity index (χ1v) is 9.84. The van der Waals surface area contributed by atoms with Crippen LogP contribution < -0.4 is 5.32 Å². The first-order valence-electron chi connectivity index (χ1n) is 9.46. The summed E-state index contributed by atoms with van der Waals surface area (Å²) in [6.07, 6.45) is 0.743. The van der Waals surface area contributed by atoms with Crippen molar-refractivity contribution in [3.05, 3.63) is 75.7 Å². The van der Waals surface area contributed by atoms with Crippen LogP contribution in [-0.2, 0) is 27.2 Å². The van der Waals surface area contributed by atoms with E-state index in [0.717, 1.165) is 17.5 Å². The van der Waals surface area contributed by atoms with Gasteiger partial charge in [-0.3, -0.25) is 9.59 Å². The van der Waals surface area contributed by atoms with Crippen LogP contribution in [0.4, 0.5) is 5.69 Å². The molecule has 2 aromatic carbocycles. The van der Waals surface area contributed by atoms with Gasteiger partial charge in [-0.2, -0.15) is 0 Å². The predicted octanol–water partition coefficient (Wildman–Crippen LogP) is 3.76. The van der Waals surface area contributed by atoms with Crippen LogP contribution in [0.3, 0.4) is 0 Å². The molecular formula is C22H21ClN2O4. The fourth-order valence-electron chi connectivity index (χ4n) is 3.51. The molecule has 0 aliphatic carbocycles. The van der Waals surface area contributed by atoms with Crippen molar-refractivity contribution < 1.29 is 19.1 Å². The topological polar surface area (TPSA) is 67.9 Å². The Morgan fingerprint density at radius 2 is 1.86 bits per heavy atom. The number of benzene rings is 2. The molecule has 0 radical (unpaired) electrons. The molecule has 2 aliphatic rings. The summed E-state index contributed by atoms with van der Waals surface area (Å²) in [6.45, 7) is 3.63. The number of hydrogen-bond acceptors (Lipinski definition) is 4. The molecule has 29 heavy (non-hydrogen) atoms. The Hall–Kier alpha value is -2.99. The largest absolute Gasteiger partial charge is 0.491 e. The van der Waals surface area contributed by atoms with Crippen molar-refractivity contribution in [2.24, 2.45) is 0 Å². The minimum atomic E-state index is -0.271. The molecule has 0 bridgehead atoms.